The van der Waals surface area contributed by atoms with Gasteiger partial charge in [-0.3, -0.25) is 14.7 Å². The van der Waals surface area contributed by atoms with E-state index in [1.807, 2.05) is 36.4 Å². The Morgan fingerprint density at radius 3 is 3.05 bits per heavy atom. The summed E-state index contributed by atoms with van der Waals surface area (Å²) < 4.78 is 10.9. The highest BCUT2D eigenvalue weighted by atomic mass is 35.5. The second-order valence-electron chi connectivity index (χ2n) is 10.8. The fraction of sp³-hybridized carbons (Fsp3) is 0.429. The molecule has 9 heteroatoms. The summed E-state index contributed by atoms with van der Waals surface area (Å²) in [4.78, 5) is 18.5. The number of carbonyl (C=O) groups is 1. The van der Waals surface area contributed by atoms with Gasteiger partial charge in [-0.1, -0.05) is 17.7 Å². The van der Waals surface area contributed by atoms with E-state index in [0.29, 0.717) is 40.9 Å². The van der Waals surface area contributed by atoms with E-state index in [9.17, 15) is 9.90 Å². The summed E-state index contributed by atoms with van der Waals surface area (Å²) in [6.07, 6.45) is 4.34. The van der Waals surface area contributed by atoms with Gasteiger partial charge in [0.15, 0.2) is 6.61 Å². The molecule has 2 aromatic carbocycles. The van der Waals surface area contributed by atoms with E-state index in [2.05, 4.69) is 20.5 Å². The minimum absolute atomic E-state index is 0.0697. The molecule has 1 spiro atoms. The zero-order valence-electron chi connectivity index (χ0n) is 20.5. The predicted molar refractivity (Wildman–Crippen MR) is 140 cm³/mol. The van der Waals surface area contributed by atoms with Crippen molar-refractivity contribution in [2.45, 2.75) is 50.0 Å². The van der Waals surface area contributed by atoms with Gasteiger partial charge in [-0.05, 0) is 55.2 Å². The molecule has 7 rings (SSSR count). The number of rotatable bonds is 7. The number of aliphatic hydroxyl groups excluding tert-OH is 1. The van der Waals surface area contributed by atoms with Gasteiger partial charge in [-0.15, -0.1) is 0 Å². The molecule has 4 aliphatic rings. The number of hydrogen-bond acceptors (Lipinski definition) is 7. The number of methoxy groups -OCH3 is 1. The first-order chi connectivity index (χ1) is 17.9. The predicted octanol–water partition coefficient (Wildman–Crippen LogP) is 3.66. The zero-order valence-corrected chi connectivity index (χ0v) is 21.3. The van der Waals surface area contributed by atoms with Crippen molar-refractivity contribution in [1.82, 2.24) is 15.2 Å². The number of amides is 1. The number of halogens is 1. The molecule has 0 radical (unpaired) electrons. The molecule has 37 heavy (non-hydrogen) atoms. The molecule has 0 bridgehead atoms. The molecule has 5 atom stereocenters. The number of anilines is 1. The first-order valence-electron chi connectivity index (χ1n) is 12.8. The summed E-state index contributed by atoms with van der Waals surface area (Å²) in [5, 5.41) is 19.3. The Bertz CT molecular complexity index is 1420. The lowest BCUT2D eigenvalue weighted by molar-refractivity contribution is -0.118. The molecule has 3 aromatic rings. The maximum absolute atomic E-state index is 11.6. The molecule has 2 aliphatic heterocycles. The van der Waals surface area contributed by atoms with Crippen molar-refractivity contribution in [2.24, 2.45) is 5.41 Å². The van der Waals surface area contributed by atoms with E-state index < -0.39 is 6.10 Å². The lowest BCUT2D eigenvalue weighted by Gasteiger charge is -2.44. The van der Waals surface area contributed by atoms with Gasteiger partial charge in [-0.2, -0.15) is 0 Å². The molecular weight excluding hydrogens is 492 g/mol. The SMILES string of the molecule is COc1ccc2ncc(Cl)c(C(O)CN3C4CC(NCc5ccc6c(c5)NC(=O)CO6)CC45CC35)c2c1. The topological polar surface area (TPSA) is 96.0 Å². The van der Waals surface area contributed by atoms with Gasteiger partial charge in [-0.25, -0.2) is 0 Å². The normalized spacial score (nSPS) is 28.4. The van der Waals surface area contributed by atoms with Crippen LogP contribution in [0.15, 0.2) is 42.6 Å². The number of fused-ring (bicyclic) bond motifs is 2. The molecule has 3 fully saturated rings. The Kier molecular flexibility index (Phi) is 5.37. The van der Waals surface area contributed by atoms with Crippen molar-refractivity contribution in [1.29, 1.82) is 0 Å². The van der Waals surface area contributed by atoms with E-state index in [4.69, 9.17) is 21.1 Å². The lowest BCUT2D eigenvalue weighted by atomic mass is 9.89. The van der Waals surface area contributed by atoms with E-state index in [-0.39, 0.29) is 12.5 Å². The fourth-order valence-electron chi connectivity index (χ4n) is 6.95. The van der Waals surface area contributed by atoms with E-state index >= 15 is 0 Å². The number of nitrogens with one attached hydrogen (secondary N) is 2. The van der Waals surface area contributed by atoms with E-state index in [0.717, 1.165) is 52.9 Å². The number of likely N-dealkylation sites (tertiary alicyclic amines) is 1. The number of benzene rings is 2. The zero-order chi connectivity index (χ0) is 25.3. The van der Waals surface area contributed by atoms with Gasteiger partial charge in [0.2, 0.25) is 0 Å². The second-order valence-corrected chi connectivity index (χ2v) is 11.2. The Morgan fingerprint density at radius 1 is 1.30 bits per heavy atom. The number of nitrogens with zero attached hydrogens (tertiary/aromatic N) is 2. The monoisotopic (exact) mass is 520 g/mol. The number of ether oxygens (including phenoxy) is 2. The van der Waals surface area contributed by atoms with Crippen LogP contribution in [0.1, 0.15) is 36.5 Å². The minimum atomic E-state index is -0.705. The van der Waals surface area contributed by atoms with E-state index in [1.165, 1.54) is 6.42 Å². The third kappa shape index (κ3) is 3.77. The smallest absolute Gasteiger partial charge is 0.262 e. The average Bonchev–Trinajstić information content (AvgIpc) is 3.42. The van der Waals surface area contributed by atoms with Crippen molar-refractivity contribution in [2.75, 3.05) is 25.6 Å². The van der Waals surface area contributed by atoms with Crippen LogP contribution in [-0.2, 0) is 11.3 Å². The van der Waals surface area contributed by atoms with Gasteiger partial charge in [0, 0.05) is 53.8 Å². The van der Waals surface area contributed by atoms with Crippen LogP contribution in [-0.4, -0.2) is 59.3 Å². The molecule has 2 aliphatic carbocycles. The Morgan fingerprint density at radius 2 is 2.19 bits per heavy atom. The molecule has 1 aromatic heterocycles. The summed E-state index contributed by atoms with van der Waals surface area (Å²) in [6, 6.07) is 13.1. The standard InChI is InChI=1S/C28H29ClN4O4/c1-36-17-3-4-20-18(8-17)27(19(29)12-31-20)22(34)13-33-24-7-16(9-28(24)10-25(28)33)30-11-15-2-5-23-21(6-15)32-26(35)14-37-23/h2-6,8,12,16,22,24-25,30,34H,7,9-11,13-14H2,1H3,(H,32,35). The maximum Gasteiger partial charge on any atom is 0.262 e. The Hall–Kier alpha value is -2.91. The average molecular weight is 521 g/mol. The quantitative estimate of drug-likeness (QED) is 0.437. The summed E-state index contributed by atoms with van der Waals surface area (Å²) in [5.74, 6) is 1.32. The summed E-state index contributed by atoms with van der Waals surface area (Å²) in [7, 11) is 1.63. The van der Waals surface area contributed by atoms with Crippen LogP contribution in [0.4, 0.5) is 5.69 Å². The van der Waals surface area contributed by atoms with Crippen LogP contribution in [0.25, 0.3) is 10.9 Å². The molecule has 5 unspecified atom stereocenters. The molecule has 1 amide bonds. The third-order valence-corrected chi connectivity index (χ3v) is 9.03. The molecule has 3 N–H and O–H groups in total. The molecule has 1 saturated heterocycles. The van der Waals surface area contributed by atoms with Crippen LogP contribution in [0, 0.1) is 5.41 Å². The molecule has 2 saturated carbocycles. The number of hydrogen-bond donors (Lipinski definition) is 3. The Labute approximate surface area is 219 Å². The van der Waals surface area contributed by atoms with Crippen LogP contribution >= 0.6 is 11.6 Å². The van der Waals surface area contributed by atoms with Gasteiger partial charge in [0.25, 0.3) is 5.91 Å². The number of β-amino-alcohol motifs (C(OH)–C–C–N with tert-alkyl or cyclic N) is 1. The van der Waals surface area contributed by atoms with Gasteiger partial charge in [0.1, 0.15) is 11.5 Å². The number of aliphatic hydroxyl groups is 1. The first-order valence-corrected chi connectivity index (χ1v) is 13.2. The largest absolute Gasteiger partial charge is 0.497 e. The van der Waals surface area contributed by atoms with Crippen LogP contribution in [0.3, 0.4) is 0 Å². The number of aromatic nitrogens is 1. The van der Waals surface area contributed by atoms with Gasteiger partial charge < -0.3 is 25.2 Å². The van der Waals surface area contributed by atoms with Crippen molar-refractivity contribution in [3.8, 4) is 11.5 Å². The summed E-state index contributed by atoms with van der Waals surface area (Å²) in [5.41, 5.74) is 3.77. The number of pyridine rings is 1. The van der Waals surface area contributed by atoms with Crippen molar-refractivity contribution < 1.29 is 19.4 Å². The Balaban J connectivity index is 1.02. The molecular formula is C28H29ClN4O4. The molecule has 192 valence electrons. The minimum Gasteiger partial charge on any atom is -0.497 e. The highest BCUT2D eigenvalue weighted by molar-refractivity contribution is 6.32. The highest BCUT2D eigenvalue weighted by Crippen LogP contribution is 2.70. The third-order valence-electron chi connectivity index (χ3n) is 8.73. The van der Waals surface area contributed by atoms with Crippen molar-refractivity contribution in [3.63, 3.8) is 0 Å². The highest BCUT2D eigenvalue weighted by Gasteiger charge is 2.75. The maximum atomic E-state index is 11.6. The van der Waals surface area contributed by atoms with E-state index in [1.54, 1.807) is 13.3 Å². The molecule has 8 nitrogen and oxygen atoms in total. The van der Waals surface area contributed by atoms with Gasteiger partial charge >= 0.3 is 0 Å². The van der Waals surface area contributed by atoms with Crippen molar-refractivity contribution >= 4 is 34.1 Å². The van der Waals surface area contributed by atoms with Gasteiger partial charge in [0.05, 0.1) is 29.4 Å². The van der Waals surface area contributed by atoms with Crippen LogP contribution < -0.4 is 20.1 Å². The molecule has 3 heterocycles. The summed E-state index contributed by atoms with van der Waals surface area (Å²) >= 11 is 6.55. The summed E-state index contributed by atoms with van der Waals surface area (Å²) in [6.45, 7) is 1.37. The van der Waals surface area contributed by atoms with Crippen LogP contribution in [0.5, 0.6) is 11.5 Å². The second kappa shape index (κ2) is 8.56. The number of carbonyl (C=O) groups excluding carboxylic acids is 1. The lowest BCUT2D eigenvalue weighted by Crippen LogP contribution is -2.54. The van der Waals surface area contributed by atoms with Crippen molar-refractivity contribution in [3.05, 3.63) is 58.7 Å². The fourth-order valence-corrected chi connectivity index (χ4v) is 7.22. The van der Waals surface area contributed by atoms with Crippen LogP contribution in [0.2, 0.25) is 5.02 Å². The first kappa shape index (κ1) is 23.2.